The second-order valence-corrected chi connectivity index (χ2v) is 15.5. The Bertz CT molecular complexity index is 868. The van der Waals surface area contributed by atoms with E-state index in [0.29, 0.717) is 12.8 Å². The predicted octanol–water partition coefficient (Wildman–Crippen LogP) is 10.4. The summed E-state index contributed by atoms with van der Waals surface area (Å²) in [5.74, 6) is -0.923. The van der Waals surface area contributed by atoms with Gasteiger partial charge < -0.3 is 24.6 Å². The van der Waals surface area contributed by atoms with Crippen LogP contribution >= 0.6 is 7.82 Å². The lowest BCUT2D eigenvalue weighted by atomic mass is 10.1. The normalized spacial score (nSPS) is 14.1. The summed E-state index contributed by atoms with van der Waals surface area (Å²) in [4.78, 5) is 34.9. The van der Waals surface area contributed by atoms with E-state index in [0.717, 1.165) is 44.9 Å². The maximum atomic E-state index is 12.5. The molecule has 51 heavy (non-hydrogen) atoms. The molecule has 0 aliphatic heterocycles. The number of unbranched alkanes of at least 4 members (excludes halogenated alkanes) is 23. The summed E-state index contributed by atoms with van der Waals surface area (Å²) in [6, 6.07) is 0. The molecule has 0 saturated carbocycles. The van der Waals surface area contributed by atoms with Gasteiger partial charge in [-0.15, -0.1) is 0 Å². The van der Waals surface area contributed by atoms with Crippen LogP contribution in [0.1, 0.15) is 194 Å². The minimum absolute atomic E-state index is 0.188. The van der Waals surface area contributed by atoms with Crippen LogP contribution in [0, 0.1) is 0 Å². The molecule has 0 spiro atoms. The second kappa shape index (κ2) is 37.0. The van der Waals surface area contributed by atoms with Gasteiger partial charge in [0, 0.05) is 12.8 Å². The van der Waals surface area contributed by atoms with Crippen LogP contribution in [0.5, 0.6) is 0 Å². The number of phosphoric ester groups is 1. The minimum Gasteiger partial charge on any atom is -0.462 e. The van der Waals surface area contributed by atoms with Crippen LogP contribution in [0.3, 0.4) is 0 Å². The van der Waals surface area contributed by atoms with Gasteiger partial charge in [-0.05, 0) is 38.5 Å². The molecule has 0 rings (SSSR count). The van der Waals surface area contributed by atoms with Crippen LogP contribution in [0.25, 0.3) is 0 Å². The Balaban J connectivity index is 4.27. The highest BCUT2D eigenvalue weighted by Crippen LogP contribution is 2.43. The summed E-state index contributed by atoms with van der Waals surface area (Å²) in [6.45, 7) is 2.37. The molecule has 0 aromatic carbocycles. The third kappa shape index (κ3) is 36.8. The number of ether oxygens (including phenoxy) is 2. The predicted molar refractivity (Wildman–Crippen MR) is 205 cm³/mol. The number of carbonyl (C=O) groups excluding carboxylic acids is 2. The fourth-order valence-electron chi connectivity index (χ4n) is 5.69. The van der Waals surface area contributed by atoms with E-state index in [1.807, 2.05) is 0 Å². The zero-order valence-corrected chi connectivity index (χ0v) is 33.5. The van der Waals surface area contributed by atoms with Crippen molar-refractivity contribution in [2.24, 2.45) is 0 Å². The lowest BCUT2D eigenvalue weighted by Gasteiger charge is -2.20. The van der Waals surface area contributed by atoms with E-state index in [4.69, 9.17) is 19.1 Å². The highest BCUT2D eigenvalue weighted by atomic mass is 31.2. The first-order valence-electron chi connectivity index (χ1n) is 20.6. The largest absolute Gasteiger partial charge is 0.472 e. The Morgan fingerprint density at radius 2 is 0.961 bits per heavy atom. The van der Waals surface area contributed by atoms with Crippen molar-refractivity contribution in [2.75, 3.05) is 26.4 Å². The summed E-state index contributed by atoms with van der Waals surface area (Å²) < 4.78 is 32.6. The van der Waals surface area contributed by atoms with Gasteiger partial charge in [-0.1, -0.05) is 154 Å². The molecule has 10 nitrogen and oxygen atoms in total. The Labute approximate surface area is 311 Å². The molecule has 0 aromatic heterocycles. The average Bonchev–Trinajstić information content (AvgIpc) is 3.12. The van der Waals surface area contributed by atoms with Crippen LogP contribution in [-0.2, 0) is 32.7 Å². The van der Waals surface area contributed by atoms with Gasteiger partial charge in [-0.25, -0.2) is 4.57 Å². The number of esters is 2. The summed E-state index contributed by atoms with van der Waals surface area (Å²) in [7, 11) is -4.61. The Morgan fingerprint density at radius 3 is 1.41 bits per heavy atom. The Morgan fingerprint density at radius 1 is 0.569 bits per heavy atom. The van der Waals surface area contributed by atoms with Gasteiger partial charge >= 0.3 is 19.8 Å². The van der Waals surface area contributed by atoms with Crippen molar-refractivity contribution in [2.45, 2.75) is 206 Å². The fraction of sp³-hybridized carbons (Fsp3) is 0.900. The number of aliphatic hydroxyl groups is 2. The van der Waals surface area contributed by atoms with Crippen molar-refractivity contribution in [1.82, 2.24) is 0 Å². The number of carbonyl (C=O) groups is 2. The van der Waals surface area contributed by atoms with Gasteiger partial charge in [0.05, 0.1) is 19.8 Å². The van der Waals surface area contributed by atoms with Gasteiger partial charge in [0.2, 0.25) is 0 Å². The SMILES string of the molecule is CCCCCCCC/C=C/CCCCCCCCCC(=O)OC[C@@H](COP(=O)(O)OC[C@H](O)CO)OC(=O)CCCCCCCCCCCCC. The Hall–Kier alpha value is -1.29. The van der Waals surface area contributed by atoms with Crippen LogP contribution in [0.15, 0.2) is 12.2 Å². The smallest absolute Gasteiger partial charge is 0.462 e. The second-order valence-electron chi connectivity index (χ2n) is 14.0. The van der Waals surface area contributed by atoms with Crippen LogP contribution < -0.4 is 0 Å². The molecular weight excluding hydrogens is 671 g/mol. The Kier molecular flexibility index (Phi) is 36.1. The lowest BCUT2D eigenvalue weighted by molar-refractivity contribution is -0.161. The molecule has 0 heterocycles. The van der Waals surface area contributed by atoms with E-state index in [9.17, 15) is 24.2 Å². The quantitative estimate of drug-likeness (QED) is 0.0240. The van der Waals surface area contributed by atoms with Crippen molar-refractivity contribution >= 4 is 19.8 Å². The molecule has 0 radical (unpaired) electrons. The van der Waals surface area contributed by atoms with E-state index in [1.165, 1.54) is 109 Å². The van der Waals surface area contributed by atoms with Crippen molar-refractivity contribution in [1.29, 1.82) is 0 Å². The third-order valence-electron chi connectivity index (χ3n) is 8.92. The molecule has 3 atom stereocenters. The van der Waals surface area contributed by atoms with Gasteiger partial charge in [-0.3, -0.25) is 18.6 Å². The third-order valence-corrected chi connectivity index (χ3v) is 9.87. The van der Waals surface area contributed by atoms with Gasteiger partial charge in [0.1, 0.15) is 12.7 Å². The molecular formula is C40H77O10P. The molecule has 0 aliphatic carbocycles. The molecule has 0 bridgehead atoms. The molecule has 0 saturated heterocycles. The zero-order valence-electron chi connectivity index (χ0n) is 32.6. The average molecular weight is 749 g/mol. The molecule has 0 fully saturated rings. The molecule has 11 heteroatoms. The standard InChI is InChI=1S/C40H77O10P/c1-3-5-7-9-11-13-15-16-17-18-19-20-22-23-25-27-29-31-39(43)47-35-38(36-49-51(45,46)48-34-37(42)33-41)50-40(44)32-30-28-26-24-21-14-12-10-8-6-4-2/h16-17,37-38,41-42H,3-15,18-36H2,1-2H3,(H,45,46)/b17-16+/t37-,38+/m1/s1. The van der Waals surface area contributed by atoms with E-state index in [-0.39, 0.29) is 19.4 Å². The maximum absolute atomic E-state index is 12.5. The highest BCUT2D eigenvalue weighted by molar-refractivity contribution is 7.47. The van der Waals surface area contributed by atoms with E-state index >= 15 is 0 Å². The fourth-order valence-corrected chi connectivity index (χ4v) is 6.48. The van der Waals surface area contributed by atoms with Gasteiger partial charge in [0.15, 0.2) is 6.10 Å². The van der Waals surface area contributed by atoms with Gasteiger partial charge in [-0.2, -0.15) is 0 Å². The summed E-state index contributed by atoms with van der Waals surface area (Å²) in [5.41, 5.74) is 0. The minimum atomic E-state index is -4.61. The number of phosphoric acid groups is 1. The number of hydrogen-bond acceptors (Lipinski definition) is 9. The van der Waals surface area contributed by atoms with E-state index in [2.05, 4.69) is 30.5 Å². The first kappa shape index (κ1) is 49.7. The first-order valence-corrected chi connectivity index (χ1v) is 22.1. The van der Waals surface area contributed by atoms with E-state index < -0.39 is 51.8 Å². The van der Waals surface area contributed by atoms with Gasteiger partial charge in [0.25, 0.3) is 0 Å². The summed E-state index contributed by atoms with van der Waals surface area (Å²) >= 11 is 0. The molecule has 0 aliphatic rings. The van der Waals surface area contributed by atoms with Crippen molar-refractivity contribution in [3.63, 3.8) is 0 Å². The van der Waals surface area contributed by atoms with Crippen LogP contribution in [-0.4, -0.2) is 65.7 Å². The van der Waals surface area contributed by atoms with Crippen LogP contribution in [0.4, 0.5) is 0 Å². The number of hydrogen-bond donors (Lipinski definition) is 3. The number of aliphatic hydroxyl groups excluding tert-OH is 2. The summed E-state index contributed by atoms with van der Waals surface area (Å²) in [6.07, 6.45) is 33.2. The van der Waals surface area contributed by atoms with Crippen molar-refractivity contribution in [3.8, 4) is 0 Å². The number of rotatable bonds is 39. The zero-order chi connectivity index (χ0) is 37.7. The molecule has 0 amide bonds. The maximum Gasteiger partial charge on any atom is 0.472 e. The molecule has 0 aromatic rings. The van der Waals surface area contributed by atoms with E-state index in [1.54, 1.807) is 0 Å². The monoisotopic (exact) mass is 749 g/mol. The molecule has 1 unspecified atom stereocenters. The van der Waals surface area contributed by atoms with Crippen LogP contribution in [0.2, 0.25) is 0 Å². The number of allylic oxidation sites excluding steroid dienone is 2. The summed E-state index contributed by atoms with van der Waals surface area (Å²) in [5, 5.41) is 18.3. The molecule has 302 valence electrons. The lowest BCUT2D eigenvalue weighted by Crippen LogP contribution is -2.29. The topological polar surface area (TPSA) is 149 Å². The van der Waals surface area contributed by atoms with Crippen molar-refractivity contribution < 1.29 is 47.8 Å². The first-order chi connectivity index (χ1) is 24.7. The highest BCUT2D eigenvalue weighted by Gasteiger charge is 2.27. The molecule has 3 N–H and O–H groups in total. The van der Waals surface area contributed by atoms with Crippen molar-refractivity contribution in [3.05, 3.63) is 12.2 Å².